The van der Waals surface area contributed by atoms with Crippen LogP contribution in [-0.4, -0.2) is 65.2 Å². The van der Waals surface area contributed by atoms with Crippen LogP contribution in [0.25, 0.3) is 0 Å². The number of rotatable bonds is 7. The van der Waals surface area contributed by atoms with Crippen LogP contribution in [0.5, 0.6) is 0 Å². The van der Waals surface area contributed by atoms with Gasteiger partial charge in [0, 0.05) is 25.7 Å². The second-order valence-electron chi connectivity index (χ2n) is 11.5. The quantitative estimate of drug-likeness (QED) is 0.553. The van der Waals surface area contributed by atoms with Crippen molar-refractivity contribution >= 4 is 17.7 Å². The molecule has 5 aliphatic rings. The van der Waals surface area contributed by atoms with E-state index in [0.717, 1.165) is 44.1 Å². The van der Waals surface area contributed by atoms with E-state index in [1.165, 1.54) is 6.42 Å². The van der Waals surface area contributed by atoms with E-state index in [9.17, 15) is 14.4 Å². The van der Waals surface area contributed by atoms with Gasteiger partial charge in [-0.3, -0.25) is 14.4 Å². The van der Waals surface area contributed by atoms with Gasteiger partial charge in [-0.1, -0.05) is 61.7 Å². The van der Waals surface area contributed by atoms with Gasteiger partial charge in [0.1, 0.15) is 11.6 Å². The first kappa shape index (κ1) is 24.6. The summed E-state index contributed by atoms with van der Waals surface area (Å²) in [6.07, 6.45) is 10.8. The highest BCUT2D eigenvalue weighted by Gasteiger charge is 2.76. The Morgan fingerprint density at radius 1 is 1.03 bits per heavy atom. The molecule has 2 N–H and O–H groups in total. The Balaban J connectivity index is 1.29. The van der Waals surface area contributed by atoms with Gasteiger partial charge in [0.25, 0.3) is 0 Å². The molecule has 6 rings (SSSR count). The molecule has 4 heterocycles. The van der Waals surface area contributed by atoms with Gasteiger partial charge in [0.05, 0.1) is 23.5 Å². The summed E-state index contributed by atoms with van der Waals surface area (Å²) < 4.78 is 12.5. The smallest absolute Gasteiger partial charge is 0.246 e. The van der Waals surface area contributed by atoms with Crippen molar-refractivity contribution in [2.45, 2.75) is 87.8 Å². The molecule has 6 atom stereocenters. The molecule has 0 aromatic heterocycles. The monoisotopic (exact) mass is 507 g/mol. The van der Waals surface area contributed by atoms with Crippen molar-refractivity contribution in [1.29, 1.82) is 0 Å². The van der Waals surface area contributed by atoms with Gasteiger partial charge in [-0.05, 0) is 38.2 Å². The molecule has 1 spiro atoms. The largest absolute Gasteiger partial charge is 0.376 e. The molecule has 1 aromatic rings. The molecule has 4 fully saturated rings. The van der Waals surface area contributed by atoms with Crippen molar-refractivity contribution in [2.75, 3.05) is 13.2 Å². The first-order chi connectivity index (χ1) is 17.9. The maximum atomic E-state index is 14.1. The first-order valence-corrected chi connectivity index (χ1v) is 13.9. The summed E-state index contributed by atoms with van der Waals surface area (Å²) in [6, 6.07) is 8.98. The number of carbonyl (C=O) groups is 3. The molecule has 4 aliphatic heterocycles. The molecular formula is C29H37N3O5. The second kappa shape index (κ2) is 9.55. The number of nitrogens with one attached hydrogen (secondary N) is 2. The standard InChI is InChI=1S/C29H37N3O5/c1-28-14-15-29(37-28)23(22(28)25(33)31-20-11-6-3-7-12-20)27(35)32(18-21-13-8-16-36-21)24(29)26(34)30-17-19-9-4-2-5-10-19/h2,4-5,9-10,14-15,20-24H,3,6-8,11-13,16-18H2,1H3,(H,30,34)(H,31,33). The van der Waals surface area contributed by atoms with Crippen molar-refractivity contribution in [3.63, 3.8) is 0 Å². The Hall–Kier alpha value is -2.71. The predicted octanol–water partition coefficient (Wildman–Crippen LogP) is 2.47. The van der Waals surface area contributed by atoms with Crippen molar-refractivity contribution in [3.8, 4) is 0 Å². The number of carbonyl (C=O) groups excluding carboxylic acids is 3. The normalized spacial score (nSPS) is 36.7. The van der Waals surface area contributed by atoms with Crippen molar-refractivity contribution < 1.29 is 23.9 Å². The van der Waals surface area contributed by atoms with Crippen LogP contribution in [0, 0.1) is 11.8 Å². The number of likely N-dealkylation sites (tertiary alicyclic amines) is 1. The molecule has 3 amide bonds. The van der Waals surface area contributed by atoms with E-state index in [2.05, 4.69) is 10.6 Å². The van der Waals surface area contributed by atoms with E-state index in [1.807, 2.05) is 49.4 Å². The first-order valence-electron chi connectivity index (χ1n) is 13.9. The highest BCUT2D eigenvalue weighted by atomic mass is 16.5. The fraction of sp³-hybridized carbons (Fsp3) is 0.621. The number of benzene rings is 1. The highest BCUT2D eigenvalue weighted by Crippen LogP contribution is 2.59. The number of ether oxygens (including phenoxy) is 2. The fourth-order valence-corrected chi connectivity index (χ4v) is 7.25. The van der Waals surface area contributed by atoms with Crippen molar-refractivity contribution in [1.82, 2.24) is 15.5 Å². The molecular weight excluding hydrogens is 470 g/mol. The number of hydrogen-bond donors (Lipinski definition) is 2. The maximum absolute atomic E-state index is 14.1. The van der Waals surface area contributed by atoms with E-state index < -0.39 is 29.1 Å². The molecule has 1 aromatic carbocycles. The fourth-order valence-electron chi connectivity index (χ4n) is 7.25. The second-order valence-corrected chi connectivity index (χ2v) is 11.5. The van der Waals surface area contributed by atoms with Crippen LogP contribution in [-0.2, 0) is 30.4 Å². The summed E-state index contributed by atoms with van der Waals surface area (Å²) in [5, 5.41) is 6.27. The van der Waals surface area contributed by atoms with E-state index in [4.69, 9.17) is 9.47 Å². The Morgan fingerprint density at radius 3 is 2.54 bits per heavy atom. The zero-order valence-electron chi connectivity index (χ0n) is 21.5. The maximum Gasteiger partial charge on any atom is 0.246 e. The summed E-state index contributed by atoms with van der Waals surface area (Å²) in [7, 11) is 0. The minimum absolute atomic E-state index is 0.116. The molecule has 6 unspecified atom stereocenters. The topological polar surface area (TPSA) is 97.0 Å². The average molecular weight is 508 g/mol. The summed E-state index contributed by atoms with van der Waals surface area (Å²) in [5.41, 5.74) is -1.11. The lowest BCUT2D eigenvalue weighted by Gasteiger charge is -2.34. The summed E-state index contributed by atoms with van der Waals surface area (Å²) >= 11 is 0. The van der Waals surface area contributed by atoms with Crippen LogP contribution in [0.15, 0.2) is 42.5 Å². The third-order valence-electron chi connectivity index (χ3n) is 9.01. The average Bonchev–Trinajstić information content (AvgIpc) is 3.64. The molecule has 1 aliphatic carbocycles. The molecule has 2 bridgehead atoms. The predicted molar refractivity (Wildman–Crippen MR) is 136 cm³/mol. The van der Waals surface area contributed by atoms with Gasteiger partial charge in [-0.15, -0.1) is 0 Å². The van der Waals surface area contributed by atoms with Crippen LogP contribution in [0.1, 0.15) is 57.4 Å². The molecule has 37 heavy (non-hydrogen) atoms. The van der Waals surface area contributed by atoms with Crippen LogP contribution >= 0.6 is 0 Å². The molecule has 198 valence electrons. The lowest BCUT2D eigenvalue weighted by molar-refractivity contribution is -0.146. The minimum atomic E-state index is -1.17. The van der Waals surface area contributed by atoms with Gasteiger partial charge in [-0.25, -0.2) is 0 Å². The molecule has 1 saturated carbocycles. The third-order valence-corrected chi connectivity index (χ3v) is 9.01. The summed E-state index contributed by atoms with van der Waals surface area (Å²) in [6.45, 7) is 3.21. The third kappa shape index (κ3) is 4.18. The number of amides is 3. The SMILES string of the molecule is CC12C=CC3(O1)C(C(=O)N(CC1CCCO1)C3C(=O)NCc1ccccc1)C2C(=O)NC1CCCCC1. The van der Waals surface area contributed by atoms with E-state index in [1.54, 1.807) is 4.90 Å². The van der Waals surface area contributed by atoms with Gasteiger partial charge < -0.3 is 25.0 Å². The lowest BCUT2D eigenvalue weighted by Crippen LogP contribution is -2.55. The highest BCUT2D eigenvalue weighted by molar-refractivity contribution is 6.00. The minimum Gasteiger partial charge on any atom is -0.376 e. The summed E-state index contributed by atoms with van der Waals surface area (Å²) in [5.74, 6) is -2.00. The van der Waals surface area contributed by atoms with Crippen LogP contribution in [0.2, 0.25) is 0 Å². The van der Waals surface area contributed by atoms with E-state index >= 15 is 0 Å². The molecule has 0 radical (unpaired) electrons. The van der Waals surface area contributed by atoms with Crippen molar-refractivity contribution in [3.05, 3.63) is 48.0 Å². The summed E-state index contributed by atoms with van der Waals surface area (Å²) in [4.78, 5) is 43.3. The Morgan fingerprint density at radius 2 is 1.81 bits per heavy atom. The lowest BCUT2D eigenvalue weighted by atomic mass is 9.70. The van der Waals surface area contributed by atoms with E-state index in [-0.39, 0.29) is 29.9 Å². The van der Waals surface area contributed by atoms with E-state index in [0.29, 0.717) is 19.7 Å². The van der Waals surface area contributed by atoms with Crippen LogP contribution in [0.4, 0.5) is 0 Å². The Kier molecular flexibility index (Phi) is 6.35. The Bertz CT molecular complexity index is 1080. The Labute approximate surface area is 218 Å². The van der Waals surface area contributed by atoms with Crippen molar-refractivity contribution in [2.24, 2.45) is 11.8 Å². The van der Waals surface area contributed by atoms with Gasteiger partial charge in [-0.2, -0.15) is 0 Å². The van der Waals surface area contributed by atoms with Gasteiger partial charge in [0.2, 0.25) is 17.7 Å². The van der Waals surface area contributed by atoms with Gasteiger partial charge in [0.15, 0.2) is 0 Å². The number of fused-ring (bicyclic) bond motifs is 1. The van der Waals surface area contributed by atoms with Crippen LogP contribution < -0.4 is 10.6 Å². The zero-order valence-corrected chi connectivity index (χ0v) is 21.5. The van der Waals surface area contributed by atoms with Crippen LogP contribution in [0.3, 0.4) is 0 Å². The molecule has 8 nitrogen and oxygen atoms in total. The molecule has 8 heteroatoms. The number of nitrogens with zero attached hydrogens (tertiary/aromatic N) is 1. The zero-order chi connectivity index (χ0) is 25.6. The molecule has 3 saturated heterocycles. The van der Waals surface area contributed by atoms with Gasteiger partial charge >= 0.3 is 0 Å². The number of hydrogen-bond acceptors (Lipinski definition) is 5.